The number of carbonyl (C=O) groups excluding carboxylic acids is 2. The van der Waals surface area contributed by atoms with Crippen molar-refractivity contribution in [1.29, 1.82) is 0 Å². The topological polar surface area (TPSA) is 120 Å². The van der Waals surface area contributed by atoms with Gasteiger partial charge in [-0.2, -0.15) is 5.10 Å². The summed E-state index contributed by atoms with van der Waals surface area (Å²) in [6.45, 7) is 4.07. The zero-order valence-corrected chi connectivity index (χ0v) is 23.0. The predicted octanol–water partition coefficient (Wildman–Crippen LogP) is 5.11. The Hall–Kier alpha value is -4.12. The fourth-order valence-electron chi connectivity index (χ4n) is 4.80. The van der Waals surface area contributed by atoms with Crippen LogP contribution in [0.25, 0.3) is 22.3 Å². The van der Waals surface area contributed by atoms with E-state index in [4.69, 9.17) is 4.74 Å². The molecular weight excluding hydrogens is 535 g/mol. The van der Waals surface area contributed by atoms with Crippen LogP contribution in [-0.4, -0.2) is 53.2 Å². The van der Waals surface area contributed by atoms with E-state index in [2.05, 4.69) is 15.4 Å². The van der Waals surface area contributed by atoms with Gasteiger partial charge in [0.05, 0.1) is 52.1 Å². The van der Waals surface area contributed by atoms with E-state index in [1.165, 1.54) is 12.1 Å². The number of rotatable bonds is 8. The van der Waals surface area contributed by atoms with E-state index in [9.17, 15) is 22.4 Å². The molecule has 208 valence electrons. The summed E-state index contributed by atoms with van der Waals surface area (Å²) in [5.41, 5.74) is 2.27. The summed E-state index contributed by atoms with van der Waals surface area (Å²) in [6.07, 6.45) is 2.07. The Morgan fingerprint density at radius 3 is 2.58 bits per heavy atom. The third kappa shape index (κ3) is 5.60. The first-order chi connectivity index (χ1) is 19.2. The number of esters is 1. The summed E-state index contributed by atoms with van der Waals surface area (Å²) < 4.78 is 46.0. The van der Waals surface area contributed by atoms with Crippen LogP contribution in [0.2, 0.25) is 0 Å². The molecule has 1 atom stereocenters. The number of hydrogen-bond acceptors (Lipinski definition) is 7. The number of aromatic nitrogens is 3. The van der Waals surface area contributed by atoms with Gasteiger partial charge in [0, 0.05) is 11.3 Å². The minimum atomic E-state index is -3.22. The molecule has 0 saturated carbocycles. The van der Waals surface area contributed by atoms with Crippen molar-refractivity contribution in [3.8, 4) is 11.3 Å². The molecule has 1 aliphatic rings. The summed E-state index contributed by atoms with van der Waals surface area (Å²) in [5.74, 6) is -1.46. The molecule has 0 aliphatic carbocycles. The Morgan fingerprint density at radius 1 is 1.15 bits per heavy atom. The van der Waals surface area contributed by atoms with Crippen LogP contribution in [0.15, 0.2) is 54.6 Å². The van der Waals surface area contributed by atoms with Gasteiger partial charge in [-0.25, -0.2) is 27.3 Å². The highest BCUT2D eigenvalue weighted by molar-refractivity contribution is 7.91. The summed E-state index contributed by atoms with van der Waals surface area (Å²) >= 11 is 0. The average Bonchev–Trinajstić information content (AvgIpc) is 3.47. The second-order valence-corrected chi connectivity index (χ2v) is 12.1. The molecule has 5 rings (SSSR count). The van der Waals surface area contributed by atoms with Crippen LogP contribution in [0.1, 0.15) is 58.6 Å². The molecule has 0 radical (unpaired) electrons. The van der Waals surface area contributed by atoms with Crippen LogP contribution in [0.4, 0.5) is 10.1 Å². The Balaban J connectivity index is 1.52. The van der Waals surface area contributed by atoms with Gasteiger partial charge in [0.15, 0.2) is 15.5 Å². The van der Waals surface area contributed by atoms with Crippen LogP contribution in [0, 0.1) is 12.7 Å². The molecule has 40 heavy (non-hydrogen) atoms. The number of benzene rings is 2. The van der Waals surface area contributed by atoms with Crippen molar-refractivity contribution in [1.82, 2.24) is 14.8 Å². The second-order valence-electron chi connectivity index (χ2n) is 9.84. The Morgan fingerprint density at radius 2 is 1.90 bits per heavy atom. The van der Waals surface area contributed by atoms with Gasteiger partial charge in [-0.15, -0.1) is 0 Å². The number of hydrogen-bond donors (Lipinski definition) is 1. The highest BCUT2D eigenvalue weighted by Crippen LogP contribution is 2.33. The maximum absolute atomic E-state index is 14.8. The fourth-order valence-corrected chi connectivity index (χ4v) is 6.49. The molecule has 0 bridgehead atoms. The first-order valence-electron chi connectivity index (χ1n) is 13.1. The first-order valence-corrected chi connectivity index (χ1v) is 14.9. The molecule has 0 spiro atoms. The third-order valence-corrected chi connectivity index (χ3v) is 8.65. The molecule has 1 saturated heterocycles. The van der Waals surface area contributed by atoms with E-state index in [1.54, 1.807) is 54.1 Å². The minimum Gasteiger partial charge on any atom is -0.462 e. The molecular formula is C29H29FN4O5S. The smallest absolute Gasteiger partial charge is 0.338 e. The summed E-state index contributed by atoms with van der Waals surface area (Å²) in [7, 11) is -3.22. The molecule has 1 N–H and O–H groups in total. The summed E-state index contributed by atoms with van der Waals surface area (Å²) in [5, 5.41) is 7.86. The number of fused-ring (bicyclic) bond motifs is 1. The quantitative estimate of drug-likeness (QED) is 0.233. The maximum Gasteiger partial charge on any atom is 0.338 e. The second kappa shape index (κ2) is 11.2. The van der Waals surface area contributed by atoms with E-state index in [1.807, 2.05) is 6.92 Å². The molecule has 3 heterocycles. The van der Waals surface area contributed by atoms with Crippen LogP contribution in [0.3, 0.4) is 0 Å². The molecule has 1 amide bonds. The van der Waals surface area contributed by atoms with Gasteiger partial charge in [-0.1, -0.05) is 25.5 Å². The number of nitrogens with one attached hydrogen (secondary N) is 1. The lowest BCUT2D eigenvalue weighted by Gasteiger charge is -2.13. The van der Waals surface area contributed by atoms with E-state index in [-0.39, 0.29) is 28.3 Å². The summed E-state index contributed by atoms with van der Waals surface area (Å²) in [6, 6.07) is 13.5. The zero-order chi connectivity index (χ0) is 28.4. The molecule has 9 nitrogen and oxygen atoms in total. The van der Waals surface area contributed by atoms with E-state index in [0.717, 1.165) is 12.8 Å². The minimum absolute atomic E-state index is 0.0422. The summed E-state index contributed by atoms with van der Waals surface area (Å²) in [4.78, 5) is 30.5. The van der Waals surface area contributed by atoms with Crippen LogP contribution in [-0.2, 0) is 14.6 Å². The van der Waals surface area contributed by atoms with E-state index < -0.39 is 33.6 Å². The van der Waals surface area contributed by atoms with E-state index >= 15 is 0 Å². The van der Waals surface area contributed by atoms with Crippen molar-refractivity contribution in [3.63, 3.8) is 0 Å². The van der Waals surface area contributed by atoms with Gasteiger partial charge in [-0.05, 0) is 62.2 Å². The molecule has 2 aromatic heterocycles. The van der Waals surface area contributed by atoms with Gasteiger partial charge in [0.2, 0.25) is 0 Å². The van der Waals surface area contributed by atoms with Gasteiger partial charge >= 0.3 is 5.97 Å². The standard InChI is InChI=1S/C29H29FN4O5S/c1-3-4-14-39-29(36)19-9-11-20(12-10-19)31-28(35)23-16-25(22-7-5-6-8-24(22)30)32-27-26(23)18(2)33-34(27)21-13-15-40(37,38)17-21/h5-12,16,21H,3-4,13-15,17H2,1-2H3,(H,31,35). The Labute approximate surface area is 231 Å². The van der Waals surface area contributed by atoms with Crippen molar-refractivity contribution in [2.45, 2.75) is 39.2 Å². The highest BCUT2D eigenvalue weighted by atomic mass is 32.2. The van der Waals surface area contributed by atoms with Crippen molar-refractivity contribution in [2.75, 3.05) is 23.4 Å². The fraction of sp³-hybridized carbons (Fsp3) is 0.310. The van der Waals surface area contributed by atoms with Crippen molar-refractivity contribution in [3.05, 3.63) is 77.2 Å². The number of sulfone groups is 1. The van der Waals surface area contributed by atoms with Crippen LogP contribution < -0.4 is 5.32 Å². The van der Waals surface area contributed by atoms with Gasteiger partial charge in [0.1, 0.15) is 5.82 Å². The zero-order valence-electron chi connectivity index (χ0n) is 22.2. The number of aryl methyl sites for hydroxylation is 1. The maximum atomic E-state index is 14.8. The number of pyridine rings is 1. The third-order valence-electron chi connectivity index (χ3n) is 6.90. The van der Waals surface area contributed by atoms with Crippen LogP contribution >= 0.6 is 0 Å². The number of unbranched alkanes of at least 4 members (excludes halogenated alkanes) is 1. The number of halogens is 1. The van der Waals surface area contributed by atoms with Crippen molar-refractivity contribution in [2.24, 2.45) is 0 Å². The van der Waals surface area contributed by atoms with Crippen molar-refractivity contribution >= 4 is 38.4 Å². The normalized spacial score (nSPS) is 16.2. The average molecular weight is 565 g/mol. The lowest BCUT2D eigenvalue weighted by atomic mass is 10.0. The lowest BCUT2D eigenvalue weighted by Crippen LogP contribution is -2.15. The molecule has 4 aromatic rings. The van der Waals surface area contributed by atoms with Gasteiger partial charge < -0.3 is 10.1 Å². The number of ether oxygens (including phenoxy) is 1. The Bertz CT molecular complexity index is 1700. The lowest BCUT2D eigenvalue weighted by molar-refractivity contribution is 0.0499. The number of carbonyl (C=O) groups is 2. The van der Waals surface area contributed by atoms with Gasteiger partial charge in [0.25, 0.3) is 5.91 Å². The monoisotopic (exact) mass is 564 g/mol. The molecule has 1 aliphatic heterocycles. The van der Waals surface area contributed by atoms with Gasteiger partial charge in [-0.3, -0.25) is 4.79 Å². The molecule has 2 aromatic carbocycles. The number of nitrogens with zero attached hydrogens (tertiary/aromatic N) is 3. The number of amides is 1. The molecule has 11 heteroatoms. The van der Waals surface area contributed by atoms with E-state index in [0.29, 0.717) is 41.0 Å². The molecule has 1 unspecified atom stereocenters. The van der Waals surface area contributed by atoms with Crippen LogP contribution in [0.5, 0.6) is 0 Å². The highest BCUT2D eigenvalue weighted by Gasteiger charge is 2.32. The SMILES string of the molecule is CCCCOC(=O)c1ccc(NC(=O)c2cc(-c3ccccc3F)nc3c2c(C)nn3C2CCS(=O)(=O)C2)cc1. The molecule has 1 fully saturated rings. The van der Waals surface area contributed by atoms with Crippen molar-refractivity contribution < 1.29 is 27.1 Å². The Kier molecular flexibility index (Phi) is 7.66. The largest absolute Gasteiger partial charge is 0.462 e. The first kappa shape index (κ1) is 27.4. The number of anilines is 1. The predicted molar refractivity (Wildman–Crippen MR) is 150 cm³/mol.